The highest BCUT2D eigenvalue weighted by Crippen LogP contribution is 2.30. The lowest BCUT2D eigenvalue weighted by Crippen LogP contribution is -2.14. The number of hydrogen-bond donors (Lipinski definition) is 2. The molecule has 0 aliphatic carbocycles. The minimum Gasteiger partial charge on any atom is -0.368 e. The predicted octanol–water partition coefficient (Wildman–Crippen LogP) is 5.29. The lowest BCUT2D eigenvalue weighted by atomic mass is 10.0. The smallest absolute Gasteiger partial charge is 0.368 e. The molecule has 0 spiro atoms. The summed E-state index contributed by atoms with van der Waals surface area (Å²) in [6.07, 6.45) is -2.93. The van der Waals surface area contributed by atoms with Gasteiger partial charge in [-0.25, -0.2) is 14.4 Å². The zero-order valence-electron chi connectivity index (χ0n) is 15.7. The maximum absolute atomic E-state index is 14.3. The topological polar surface area (TPSA) is 80.9 Å². The van der Waals surface area contributed by atoms with Crippen LogP contribution in [0, 0.1) is 5.82 Å². The van der Waals surface area contributed by atoms with Crippen LogP contribution in [-0.4, -0.2) is 15.9 Å². The van der Waals surface area contributed by atoms with E-state index in [0.717, 1.165) is 30.3 Å². The first kappa shape index (κ1) is 20.3. The summed E-state index contributed by atoms with van der Waals surface area (Å²) in [5.74, 6) is -1.40. The number of alkyl halides is 3. The highest BCUT2D eigenvalue weighted by molar-refractivity contribution is 6.05. The van der Waals surface area contributed by atoms with Crippen LogP contribution in [0.4, 0.5) is 29.2 Å². The molecule has 4 rings (SSSR count). The summed E-state index contributed by atoms with van der Waals surface area (Å²) in [7, 11) is 0. The first-order chi connectivity index (χ1) is 14.7. The van der Waals surface area contributed by atoms with Gasteiger partial charge in [-0.15, -0.1) is 0 Å². The van der Waals surface area contributed by atoms with Crippen molar-refractivity contribution < 1.29 is 22.4 Å². The Bertz CT molecular complexity index is 1290. The van der Waals surface area contributed by atoms with Crippen molar-refractivity contribution in [3.05, 3.63) is 83.8 Å². The van der Waals surface area contributed by atoms with Gasteiger partial charge in [-0.2, -0.15) is 13.2 Å². The number of nitrogens with two attached hydrogens (primary N) is 1. The Kier molecular flexibility index (Phi) is 5.02. The maximum atomic E-state index is 14.3. The molecule has 9 heteroatoms. The Labute approximate surface area is 173 Å². The van der Waals surface area contributed by atoms with E-state index in [-0.39, 0.29) is 17.2 Å². The van der Waals surface area contributed by atoms with E-state index in [1.807, 2.05) is 0 Å². The van der Waals surface area contributed by atoms with Crippen molar-refractivity contribution in [1.29, 1.82) is 0 Å². The molecule has 3 aromatic carbocycles. The van der Waals surface area contributed by atoms with Crippen molar-refractivity contribution in [3.8, 4) is 11.1 Å². The summed E-state index contributed by atoms with van der Waals surface area (Å²) in [4.78, 5) is 20.6. The summed E-state index contributed by atoms with van der Waals surface area (Å²) >= 11 is 0. The van der Waals surface area contributed by atoms with E-state index in [1.165, 1.54) is 12.1 Å². The Morgan fingerprint density at radius 3 is 2.32 bits per heavy atom. The first-order valence-electron chi connectivity index (χ1n) is 9.01. The second kappa shape index (κ2) is 7.67. The fourth-order valence-corrected chi connectivity index (χ4v) is 3.05. The van der Waals surface area contributed by atoms with Crippen molar-refractivity contribution in [2.45, 2.75) is 6.18 Å². The van der Waals surface area contributed by atoms with Crippen molar-refractivity contribution >= 4 is 28.4 Å². The average molecular weight is 426 g/mol. The molecule has 1 heterocycles. The van der Waals surface area contributed by atoms with Crippen LogP contribution in [0.2, 0.25) is 0 Å². The fraction of sp³-hybridized carbons (Fsp3) is 0.0455. The standard InChI is InChI=1S/C22H14F4N4O/c23-18-7-1-13(12-2-8-19-14(9-12)11-28-21(27)30-19)10-17(18)20(31)29-16-5-3-15(4-6-16)22(24,25)26/h1-11H,(H,29,31)(H2,27,28,30). The molecule has 0 bridgehead atoms. The Hall–Kier alpha value is -4.01. The van der Waals surface area contributed by atoms with E-state index in [4.69, 9.17) is 5.73 Å². The van der Waals surface area contributed by atoms with Crippen molar-refractivity contribution in [1.82, 2.24) is 9.97 Å². The number of nitrogens with one attached hydrogen (secondary N) is 1. The summed E-state index contributed by atoms with van der Waals surface area (Å²) in [5.41, 5.74) is 6.50. The summed E-state index contributed by atoms with van der Waals surface area (Å²) in [6.45, 7) is 0. The molecule has 5 nitrogen and oxygen atoms in total. The number of nitrogen functional groups attached to an aromatic ring is 1. The van der Waals surface area contributed by atoms with Gasteiger partial charge in [0.25, 0.3) is 5.91 Å². The third kappa shape index (κ3) is 4.30. The highest BCUT2D eigenvalue weighted by Gasteiger charge is 2.30. The molecule has 1 amide bonds. The number of nitrogens with zero attached hydrogens (tertiary/aromatic N) is 2. The fourth-order valence-electron chi connectivity index (χ4n) is 3.05. The van der Waals surface area contributed by atoms with Crippen molar-refractivity contribution in [2.75, 3.05) is 11.1 Å². The van der Waals surface area contributed by atoms with E-state index >= 15 is 0 Å². The van der Waals surface area contributed by atoms with E-state index < -0.39 is 23.5 Å². The van der Waals surface area contributed by atoms with Gasteiger partial charge in [-0.1, -0.05) is 12.1 Å². The van der Waals surface area contributed by atoms with E-state index in [2.05, 4.69) is 15.3 Å². The SMILES string of the molecule is Nc1ncc2cc(-c3ccc(F)c(C(=O)Nc4ccc(C(F)(F)F)cc4)c3)ccc2n1. The van der Waals surface area contributed by atoms with Crippen LogP contribution >= 0.6 is 0 Å². The van der Waals surface area contributed by atoms with Gasteiger partial charge in [0, 0.05) is 17.3 Å². The van der Waals surface area contributed by atoms with E-state index in [9.17, 15) is 22.4 Å². The Morgan fingerprint density at radius 1 is 0.935 bits per heavy atom. The zero-order valence-corrected chi connectivity index (χ0v) is 15.7. The quantitative estimate of drug-likeness (QED) is 0.436. The molecule has 1 aromatic heterocycles. The maximum Gasteiger partial charge on any atom is 0.416 e. The van der Waals surface area contributed by atoms with Crippen LogP contribution in [0.1, 0.15) is 15.9 Å². The number of amides is 1. The number of fused-ring (bicyclic) bond motifs is 1. The van der Waals surface area contributed by atoms with Crippen LogP contribution < -0.4 is 11.1 Å². The second-order valence-corrected chi connectivity index (χ2v) is 6.73. The Balaban J connectivity index is 1.61. The summed E-state index contributed by atoms with van der Waals surface area (Å²) in [5, 5.41) is 3.13. The zero-order chi connectivity index (χ0) is 22.2. The molecule has 0 atom stereocenters. The number of anilines is 2. The van der Waals surface area contributed by atoms with Crippen LogP contribution in [0.3, 0.4) is 0 Å². The number of rotatable bonds is 3. The van der Waals surface area contributed by atoms with Crippen LogP contribution in [0.25, 0.3) is 22.0 Å². The lowest BCUT2D eigenvalue weighted by Gasteiger charge is -2.11. The van der Waals surface area contributed by atoms with Gasteiger partial charge < -0.3 is 11.1 Å². The van der Waals surface area contributed by atoms with Crippen LogP contribution in [0.15, 0.2) is 66.9 Å². The van der Waals surface area contributed by atoms with E-state index in [0.29, 0.717) is 22.0 Å². The van der Waals surface area contributed by atoms with Gasteiger partial charge in [-0.05, 0) is 59.7 Å². The number of carbonyl (C=O) groups excluding carboxylic acids is 1. The van der Waals surface area contributed by atoms with Gasteiger partial charge in [0.2, 0.25) is 5.95 Å². The third-order valence-corrected chi connectivity index (χ3v) is 4.61. The molecule has 0 fully saturated rings. The average Bonchev–Trinajstić information content (AvgIpc) is 2.73. The van der Waals surface area contributed by atoms with Crippen molar-refractivity contribution in [3.63, 3.8) is 0 Å². The van der Waals surface area contributed by atoms with Gasteiger partial charge in [-0.3, -0.25) is 4.79 Å². The molecular formula is C22H14F4N4O. The number of hydrogen-bond acceptors (Lipinski definition) is 4. The summed E-state index contributed by atoms with van der Waals surface area (Å²) < 4.78 is 52.3. The predicted molar refractivity (Wildman–Crippen MR) is 109 cm³/mol. The largest absolute Gasteiger partial charge is 0.416 e. The number of halogens is 4. The first-order valence-corrected chi connectivity index (χ1v) is 9.01. The number of benzene rings is 3. The molecule has 0 saturated heterocycles. The third-order valence-electron chi connectivity index (χ3n) is 4.61. The molecule has 31 heavy (non-hydrogen) atoms. The lowest BCUT2D eigenvalue weighted by molar-refractivity contribution is -0.137. The number of carbonyl (C=O) groups is 1. The molecular weight excluding hydrogens is 412 g/mol. The highest BCUT2D eigenvalue weighted by atomic mass is 19.4. The normalized spacial score (nSPS) is 11.5. The van der Waals surface area contributed by atoms with Crippen LogP contribution in [0.5, 0.6) is 0 Å². The minimum absolute atomic E-state index is 0.114. The Morgan fingerprint density at radius 2 is 1.61 bits per heavy atom. The molecule has 3 N–H and O–H groups in total. The molecule has 4 aromatic rings. The summed E-state index contributed by atoms with van der Waals surface area (Å²) in [6, 6.07) is 13.2. The number of aromatic nitrogens is 2. The molecule has 0 aliphatic heterocycles. The van der Waals surface area contributed by atoms with Gasteiger partial charge in [0.15, 0.2) is 0 Å². The molecule has 0 aliphatic rings. The van der Waals surface area contributed by atoms with Crippen LogP contribution in [-0.2, 0) is 6.18 Å². The van der Waals surface area contributed by atoms with Gasteiger partial charge in [0.05, 0.1) is 16.6 Å². The molecule has 0 saturated carbocycles. The monoisotopic (exact) mass is 426 g/mol. The minimum atomic E-state index is -4.49. The van der Waals surface area contributed by atoms with E-state index in [1.54, 1.807) is 24.4 Å². The van der Waals surface area contributed by atoms with Gasteiger partial charge in [0.1, 0.15) is 5.82 Å². The second-order valence-electron chi connectivity index (χ2n) is 6.73. The molecule has 0 unspecified atom stereocenters. The van der Waals surface area contributed by atoms with Crippen molar-refractivity contribution in [2.24, 2.45) is 0 Å². The molecule has 0 radical (unpaired) electrons. The van der Waals surface area contributed by atoms with Gasteiger partial charge >= 0.3 is 6.18 Å². The molecule has 156 valence electrons.